The van der Waals surface area contributed by atoms with Crippen LogP contribution in [-0.4, -0.2) is 9.97 Å². The zero-order valence-corrected chi connectivity index (χ0v) is 31.2. The number of benzene rings is 9. The molecule has 0 amide bonds. The molecular weight excluding hydrogens is 689 g/mol. The van der Waals surface area contributed by atoms with Gasteiger partial charge in [0.2, 0.25) is 0 Å². The summed E-state index contributed by atoms with van der Waals surface area (Å²) in [6, 6.07) is 78.8. The fourth-order valence-corrected chi connectivity index (χ4v) is 9.27. The maximum atomic E-state index is 5.21. The predicted octanol–water partition coefficient (Wildman–Crippen LogP) is 13.8. The summed E-state index contributed by atoms with van der Waals surface area (Å²) in [5, 5.41) is 4.87. The van der Waals surface area contributed by atoms with Crippen molar-refractivity contribution in [1.29, 1.82) is 0 Å². The van der Waals surface area contributed by atoms with E-state index >= 15 is 0 Å². The molecule has 0 unspecified atom stereocenters. The van der Waals surface area contributed by atoms with Gasteiger partial charge in [0, 0.05) is 16.7 Å². The van der Waals surface area contributed by atoms with Crippen LogP contribution in [0.2, 0.25) is 0 Å². The second-order valence-corrected chi connectivity index (χ2v) is 14.9. The molecule has 0 N–H and O–H groups in total. The highest BCUT2D eigenvalue weighted by molar-refractivity contribution is 6.06. The van der Waals surface area contributed by atoms with Gasteiger partial charge >= 0.3 is 0 Å². The molecule has 266 valence electrons. The molecule has 0 atom stereocenters. The highest BCUT2D eigenvalue weighted by Crippen LogP contribution is 2.58. The molecule has 1 heterocycles. The van der Waals surface area contributed by atoms with Gasteiger partial charge in [-0.15, -0.1) is 0 Å². The number of rotatable bonds is 6. The summed E-state index contributed by atoms with van der Waals surface area (Å²) in [4.78, 5) is 10.3. The van der Waals surface area contributed by atoms with E-state index in [4.69, 9.17) is 9.97 Å². The number of aromatic nitrogens is 2. The summed E-state index contributed by atoms with van der Waals surface area (Å²) < 4.78 is 0. The Morgan fingerprint density at radius 3 is 1.53 bits per heavy atom. The number of hydrogen-bond donors (Lipinski definition) is 0. The summed E-state index contributed by atoms with van der Waals surface area (Å²) in [5.74, 6) is 0.713. The minimum Gasteiger partial charge on any atom is -0.228 e. The van der Waals surface area contributed by atoms with E-state index in [0.29, 0.717) is 5.82 Å². The molecule has 0 spiro atoms. The molecule has 0 aliphatic heterocycles. The smallest absolute Gasteiger partial charge is 0.160 e. The van der Waals surface area contributed by atoms with Crippen molar-refractivity contribution in [2.75, 3.05) is 0 Å². The summed E-state index contributed by atoms with van der Waals surface area (Å²) in [6.45, 7) is 0. The molecule has 57 heavy (non-hydrogen) atoms. The van der Waals surface area contributed by atoms with Gasteiger partial charge in [-0.3, -0.25) is 0 Å². The second kappa shape index (κ2) is 13.4. The van der Waals surface area contributed by atoms with Crippen molar-refractivity contribution in [2.45, 2.75) is 5.41 Å². The van der Waals surface area contributed by atoms with E-state index < -0.39 is 5.41 Å². The molecule has 0 saturated heterocycles. The van der Waals surface area contributed by atoms with E-state index in [9.17, 15) is 0 Å². The second-order valence-electron chi connectivity index (χ2n) is 14.9. The van der Waals surface area contributed by atoms with Gasteiger partial charge in [0.1, 0.15) is 0 Å². The van der Waals surface area contributed by atoms with Crippen molar-refractivity contribution in [3.05, 3.63) is 241 Å². The van der Waals surface area contributed by atoms with Gasteiger partial charge in [-0.05, 0) is 78.2 Å². The van der Waals surface area contributed by atoms with Gasteiger partial charge in [0.05, 0.1) is 16.8 Å². The van der Waals surface area contributed by atoms with Crippen LogP contribution in [0.15, 0.2) is 218 Å². The maximum Gasteiger partial charge on any atom is 0.160 e. The quantitative estimate of drug-likeness (QED) is 0.171. The van der Waals surface area contributed by atoms with Gasteiger partial charge in [-0.2, -0.15) is 0 Å². The first-order valence-corrected chi connectivity index (χ1v) is 19.6. The lowest BCUT2D eigenvalue weighted by Crippen LogP contribution is -2.28. The van der Waals surface area contributed by atoms with E-state index in [1.807, 2.05) is 24.3 Å². The summed E-state index contributed by atoms with van der Waals surface area (Å²) in [7, 11) is 0. The SMILES string of the molecule is c1ccc(-c2cc(-c3ccc(-c4ccc5c(c4)-c4ccc6ccccc6c4C5(c4ccccc4)c4ccccc4)c4ccccc34)nc(-c3ccccc3)n2)cc1. The summed E-state index contributed by atoms with van der Waals surface area (Å²) in [5.41, 5.74) is 14.6. The van der Waals surface area contributed by atoms with Crippen molar-refractivity contribution in [2.24, 2.45) is 0 Å². The Morgan fingerprint density at radius 2 is 0.842 bits per heavy atom. The van der Waals surface area contributed by atoms with Crippen LogP contribution in [0, 0.1) is 0 Å². The lowest BCUT2D eigenvalue weighted by atomic mass is 9.66. The Labute approximate surface area is 332 Å². The van der Waals surface area contributed by atoms with Crippen LogP contribution in [0.5, 0.6) is 0 Å². The van der Waals surface area contributed by atoms with Gasteiger partial charge < -0.3 is 0 Å². The number of hydrogen-bond acceptors (Lipinski definition) is 2. The molecular formula is C55H36N2. The monoisotopic (exact) mass is 724 g/mol. The van der Waals surface area contributed by atoms with Crippen molar-refractivity contribution in [3.8, 4) is 56.2 Å². The maximum absolute atomic E-state index is 5.21. The van der Waals surface area contributed by atoms with Crippen LogP contribution in [0.1, 0.15) is 22.3 Å². The summed E-state index contributed by atoms with van der Waals surface area (Å²) in [6.07, 6.45) is 0. The molecule has 2 heteroatoms. The predicted molar refractivity (Wildman–Crippen MR) is 236 cm³/mol. The lowest BCUT2D eigenvalue weighted by molar-refractivity contribution is 0.775. The molecule has 1 aromatic heterocycles. The zero-order valence-electron chi connectivity index (χ0n) is 31.2. The van der Waals surface area contributed by atoms with E-state index in [2.05, 4.69) is 194 Å². The van der Waals surface area contributed by atoms with Crippen LogP contribution in [0.4, 0.5) is 0 Å². The highest BCUT2D eigenvalue weighted by Gasteiger charge is 2.47. The summed E-state index contributed by atoms with van der Waals surface area (Å²) >= 11 is 0. The van der Waals surface area contributed by atoms with Gasteiger partial charge in [0.25, 0.3) is 0 Å². The van der Waals surface area contributed by atoms with E-state index in [-0.39, 0.29) is 0 Å². The third kappa shape index (κ3) is 5.26. The molecule has 10 aromatic rings. The molecule has 2 nitrogen and oxygen atoms in total. The van der Waals surface area contributed by atoms with Crippen LogP contribution in [0.3, 0.4) is 0 Å². The van der Waals surface area contributed by atoms with E-state index in [1.54, 1.807) is 0 Å². The molecule has 0 fully saturated rings. The van der Waals surface area contributed by atoms with Crippen molar-refractivity contribution < 1.29 is 0 Å². The van der Waals surface area contributed by atoms with Gasteiger partial charge in [-0.1, -0.05) is 206 Å². The average Bonchev–Trinajstić information content (AvgIpc) is 3.60. The fourth-order valence-electron chi connectivity index (χ4n) is 9.27. The Bertz CT molecular complexity index is 3000. The Hall–Kier alpha value is -7.42. The largest absolute Gasteiger partial charge is 0.228 e. The van der Waals surface area contributed by atoms with E-state index in [0.717, 1.165) is 33.5 Å². The van der Waals surface area contributed by atoms with Crippen LogP contribution < -0.4 is 0 Å². The van der Waals surface area contributed by atoms with E-state index in [1.165, 1.54) is 60.7 Å². The Balaban J connectivity index is 1.13. The van der Waals surface area contributed by atoms with Crippen molar-refractivity contribution in [1.82, 2.24) is 9.97 Å². The first-order chi connectivity index (χ1) is 28.3. The first kappa shape index (κ1) is 33.0. The Morgan fingerprint density at radius 1 is 0.316 bits per heavy atom. The normalized spacial score (nSPS) is 12.7. The highest BCUT2D eigenvalue weighted by atomic mass is 14.9. The average molecular weight is 725 g/mol. The molecule has 0 saturated carbocycles. The van der Waals surface area contributed by atoms with Crippen molar-refractivity contribution in [3.63, 3.8) is 0 Å². The van der Waals surface area contributed by atoms with Gasteiger partial charge in [0.15, 0.2) is 5.82 Å². The molecule has 0 bridgehead atoms. The third-order valence-electron chi connectivity index (χ3n) is 11.8. The zero-order chi connectivity index (χ0) is 37.8. The molecule has 0 radical (unpaired) electrons. The van der Waals surface area contributed by atoms with Crippen LogP contribution >= 0.6 is 0 Å². The minimum absolute atomic E-state index is 0.488. The first-order valence-electron chi connectivity index (χ1n) is 19.6. The molecule has 9 aromatic carbocycles. The van der Waals surface area contributed by atoms with Gasteiger partial charge in [-0.25, -0.2) is 9.97 Å². The Kier molecular flexibility index (Phi) is 7.75. The third-order valence-corrected chi connectivity index (χ3v) is 11.8. The molecule has 1 aliphatic carbocycles. The topological polar surface area (TPSA) is 25.8 Å². The molecule has 1 aliphatic rings. The minimum atomic E-state index is -0.488. The van der Waals surface area contributed by atoms with Crippen LogP contribution in [-0.2, 0) is 5.41 Å². The van der Waals surface area contributed by atoms with Crippen molar-refractivity contribution >= 4 is 21.5 Å². The number of nitrogens with zero attached hydrogens (tertiary/aromatic N) is 2. The number of fused-ring (bicyclic) bond motifs is 6. The standard InChI is InChI=1S/C55H36N2/c1-5-18-38(19-6-1)51-36-52(57-54(56-51)39-20-7-2-8-21-39)47-33-32-43(45-27-15-16-28-46(45)47)40-30-34-50-49(35-40)48-31-29-37-17-13-14-26-44(37)53(48)55(50,41-22-9-3-10-23-41)42-24-11-4-12-25-42/h1-36H. The van der Waals surface area contributed by atoms with Crippen LogP contribution in [0.25, 0.3) is 77.7 Å². The fraction of sp³-hybridized carbons (Fsp3) is 0.0182. The molecule has 11 rings (SSSR count). The lowest BCUT2D eigenvalue weighted by Gasteiger charge is -2.34.